The number of thiazole rings is 1. The molecule has 0 aliphatic heterocycles. The van der Waals surface area contributed by atoms with E-state index < -0.39 is 0 Å². The molecule has 0 aliphatic carbocycles. The van der Waals surface area contributed by atoms with Crippen molar-refractivity contribution in [3.05, 3.63) is 52.8 Å². The van der Waals surface area contributed by atoms with Gasteiger partial charge in [-0.15, -0.1) is 0 Å². The maximum atomic E-state index is 12.1. The van der Waals surface area contributed by atoms with Gasteiger partial charge in [0.05, 0.1) is 26.5 Å². The Morgan fingerprint density at radius 2 is 2.06 bits per heavy atom. The molecule has 0 fully saturated rings. The van der Waals surface area contributed by atoms with Gasteiger partial charge in [0.2, 0.25) is 5.88 Å². The number of rotatable bonds is 7. The van der Waals surface area contributed by atoms with E-state index in [1.54, 1.807) is 30.6 Å². The highest BCUT2D eigenvalue weighted by molar-refractivity contribution is 7.16. The van der Waals surface area contributed by atoms with Gasteiger partial charge in [-0.2, -0.15) is 0 Å². The van der Waals surface area contributed by atoms with Crippen LogP contribution < -0.4 is 24.8 Å². The van der Waals surface area contributed by atoms with Crippen molar-refractivity contribution in [2.45, 2.75) is 6.92 Å². The van der Waals surface area contributed by atoms with Crippen LogP contribution in [0.3, 0.4) is 0 Å². The molecular formula is C21H21N5O4S. The molecular weight excluding hydrogens is 418 g/mol. The van der Waals surface area contributed by atoms with Crippen molar-refractivity contribution in [3.8, 4) is 29.4 Å². The third kappa shape index (κ3) is 6.32. The van der Waals surface area contributed by atoms with Crippen LogP contribution in [0.4, 0.5) is 9.93 Å². The molecule has 3 rings (SSSR count). The molecule has 0 aromatic carbocycles. The number of urea groups is 1. The molecule has 2 amide bonds. The van der Waals surface area contributed by atoms with Gasteiger partial charge in [-0.3, -0.25) is 5.32 Å². The Hall–Kier alpha value is -3.84. The minimum atomic E-state index is -0.373. The summed E-state index contributed by atoms with van der Waals surface area (Å²) in [6.07, 6.45) is 3.24. The summed E-state index contributed by atoms with van der Waals surface area (Å²) in [5, 5.41) is 5.86. The number of hydrogen-bond donors (Lipinski definition) is 2. The van der Waals surface area contributed by atoms with E-state index in [-0.39, 0.29) is 6.03 Å². The first-order valence-electron chi connectivity index (χ1n) is 9.25. The number of aryl methyl sites for hydroxylation is 1. The zero-order valence-corrected chi connectivity index (χ0v) is 18.1. The maximum absolute atomic E-state index is 12.1. The van der Waals surface area contributed by atoms with Crippen LogP contribution in [0, 0.1) is 18.8 Å². The predicted octanol–water partition coefficient (Wildman–Crippen LogP) is 2.86. The van der Waals surface area contributed by atoms with Crippen LogP contribution in [0.15, 0.2) is 36.7 Å². The van der Waals surface area contributed by atoms with Crippen molar-refractivity contribution in [2.24, 2.45) is 0 Å². The van der Waals surface area contributed by atoms with Gasteiger partial charge >= 0.3 is 6.03 Å². The zero-order valence-electron chi connectivity index (χ0n) is 17.3. The SMILES string of the molecule is COc1cc(C#Cc2sc(NC(=O)NCCOc3ccccn3)nc2C)cnc1OC. The summed E-state index contributed by atoms with van der Waals surface area (Å²) in [6.45, 7) is 2.46. The zero-order chi connectivity index (χ0) is 22.1. The number of anilines is 1. The van der Waals surface area contributed by atoms with E-state index in [9.17, 15) is 4.79 Å². The highest BCUT2D eigenvalue weighted by Crippen LogP contribution is 2.25. The fourth-order valence-corrected chi connectivity index (χ4v) is 3.20. The van der Waals surface area contributed by atoms with Crippen LogP contribution in [0.1, 0.15) is 16.1 Å². The molecule has 9 nitrogen and oxygen atoms in total. The number of pyridine rings is 2. The molecule has 0 atom stereocenters. The van der Waals surface area contributed by atoms with E-state index >= 15 is 0 Å². The van der Waals surface area contributed by atoms with Crippen molar-refractivity contribution in [2.75, 3.05) is 32.7 Å². The highest BCUT2D eigenvalue weighted by Gasteiger charge is 2.09. The van der Waals surface area contributed by atoms with Gasteiger partial charge in [0.15, 0.2) is 10.9 Å². The molecule has 0 saturated carbocycles. The molecule has 0 radical (unpaired) electrons. The lowest BCUT2D eigenvalue weighted by Gasteiger charge is -2.06. The molecule has 10 heteroatoms. The Morgan fingerprint density at radius 1 is 1.19 bits per heavy atom. The fraction of sp³-hybridized carbons (Fsp3) is 0.238. The van der Waals surface area contributed by atoms with Crippen LogP contribution in [0.25, 0.3) is 0 Å². The Kier molecular flexibility index (Phi) is 7.61. The number of carbonyl (C=O) groups is 1. The molecule has 2 N–H and O–H groups in total. The summed E-state index contributed by atoms with van der Waals surface area (Å²) >= 11 is 1.29. The van der Waals surface area contributed by atoms with E-state index in [4.69, 9.17) is 14.2 Å². The Labute approximate surface area is 183 Å². The lowest BCUT2D eigenvalue weighted by molar-refractivity contribution is 0.246. The fourth-order valence-electron chi connectivity index (χ4n) is 2.39. The van der Waals surface area contributed by atoms with Gasteiger partial charge in [-0.1, -0.05) is 23.3 Å². The van der Waals surface area contributed by atoms with Crippen molar-refractivity contribution in [1.82, 2.24) is 20.3 Å². The molecule has 0 bridgehead atoms. The molecule has 0 unspecified atom stereocenters. The van der Waals surface area contributed by atoms with Crippen LogP contribution in [0.5, 0.6) is 17.5 Å². The number of aromatic nitrogens is 3. The van der Waals surface area contributed by atoms with E-state index in [1.165, 1.54) is 25.6 Å². The molecule has 0 saturated heterocycles. The third-order valence-corrected chi connectivity index (χ3v) is 4.83. The highest BCUT2D eigenvalue weighted by atomic mass is 32.1. The molecule has 160 valence electrons. The maximum Gasteiger partial charge on any atom is 0.321 e. The smallest absolute Gasteiger partial charge is 0.321 e. The van der Waals surface area contributed by atoms with Gasteiger partial charge < -0.3 is 19.5 Å². The van der Waals surface area contributed by atoms with Gasteiger partial charge in [0.1, 0.15) is 11.5 Å². The normalized spacial score (nSPS) is 9.90. The monoisotopic (exact) mass is 439 g/mol. The van der Waals surface area contributed by atoms with Crippen molar-refractivity contribution >= 4 is 22.5 Å². The minimum Gasteiger partial charge on any atom is -0.491 e. The number of amides is 2. The summed E-state index contributed by atoms with van der Waals surface area (Å²) < 4.78 is 15.8. The minimum absolute atomic E-state index is 0.303. The number of nitrogens with one attached hydrogen (secondary N) is 2. The second-order valence-electron chi connectivity index (χ2n) is 6.02. The topological polar surface area (TPSA) is 107 Å². The van der Waals surface area contributed by atoms with Crippen LogP contribution in [-0.4, -0.2) is 48.4 Å². The van der Waals surface area contributed by atoms with Crippen molar-refractivity contribution in [3.63, 3.8) is 0 Å². The van der Waals surface area contributed by atoms with E-state index in [1.807, 2.05) is 13.0 Å². The van der Waals surface area contributed by atoms with Gasteiger partial charge in [-0.05, 0) is 18.9 Å². The molecule has 3 aromatic heterocycles. The second-order valence-corrected chi connectivity index (χ2v) is 7.02. The summed E-state index contributed by atoms with van der Waals surface area (Å²) in [5.74, 6) is 7.48. The van der Waals surface area contributed by atoms with Crippen LogP contribution >= 0.6 is 11.3 Å². The molecule has 3 aromatic rings. The lowest BCUT2D eigenvalue weighted by atomic mass is 10.2. The number of carbonyl (C=O) groups excluding carboxylic acids is 1. The van der Waals surface area contributed by atoms with Gasteiger partial charge in [0.25, 0.3) is 5.88 Å². The number of nitrogens with zero attached hydrogens (tertiary/aromatic N) is 3. The largest absolute Gasteiger partial charge is 0.491 e. The van der Waals surface area contributed by atoms with Crippen molar-refractivity contribution < 1.29 is 19.0 Å². The summed E-state index contributed by atoms with van der Waals surface area (Å²) in [5.41, 5.74) is 1.39. The molecule has 0 spiro atoms. The first kappa shape index (κ1) is 21.9. The van der Waals surface area contributed by atoms with E-state index in [0.29, 0.717) is 41.4 Å². The lowest BCUT2D eigenvalue weighted by Crippen LogP contribution is -2.32. The number of methoxy groups -OCH3 is 2. The van der Waals surface area contributed by atoms with E-state index in [2.05, 4.69) is 37.4 Å². The number of ether oxygens (including phenoxy) is 3. The average molecular weight is 439 g/mol. The molecule has 0 aliphatic rings. The summed E-state index contributed by atoms with van der Waals surface area (Å²) in [4.78, 5) is 25.3. The number of hydrogen-bond acceptors (Lipinski definition) is 8. The second kappa shape index (κ2) is 10.8. The average Bonchev–Trinajstić information content (AvgIpc) is 3.14. The van der Waals surface area contributed by atoms with Gasteiger partial charge in [0, 0.05) is 30.1 Å². The standard InChI is InChI=1S/C21H21N5O4S/c1-14-17(8-7-15-12-16(28-2)19(29-3)24-13-15)31-21(25-14)26-20(27)23-10-11-30-18-6-4-5-9-22-18/h4-6,9,12-13H,10-11H2,1-3H3,(H2,23,25,26,27). The Balaban J connectivity index is 1.54. The Bertz CT molecular complexity index is 1090. The predicted molar refractivity (Wildman–Crippen MR) is 117 cm³/mol. The quantitative estimate of drug-likeness (QED) is 0.431. The summed E-state index contributed by atoms with van der Waals surface area (Å²) in [7, 11) is 3.06. The first-order valence-corrected chi connectivity index (χ1v) is 10.1. The van der Waals surface area contributed by atoms with E-state index in [0.717, 1.165) is 10.6 Å². The summed E-state index contributed by atoms with van der Waals surface area (Å²) in [6, 6.07) is 6.75. The first-order chi connectivity index (χ1) is 15.1. The molecule has 3 heterocycles. The van der Waals surface area contributed by atoms with Crippen molar-refractivity contribution in [1.29, 1.82) is 0 Å². The van der Waals surface area contributed by atoms with Crippen LogP contribution in [-0.2, 0) is 0 Å². The third-order valence-electron chi connectivity index (χ3n) is 3.84. The van der Waals surface area contributed by atoms with Gasteiger partial charge in [-0.25, -0.2) is 19.7 Å². The molecule has 31 heavy (non-hydrogen) atoms. The van der Waals surface area contributed by atoms with Crippen LogP contribution in [0.2, 0.25) is 0 Å². The Morgan fingerprint density at radius 3 is 2.81 bits per heavy atom.